The Balaban J connectivity index is 1.72. The van der Waals surface area contributed by atoms with E-state index in [4.69, 9.17) is 0 Å². The molecule has 0 bridgehead atoms. The third kappa shape index (κ3) is 2.30. The molecule has 2 N–H and O–H groups in total. The highest BCUT2D eigenvalue weighted by molar-refractivity contribution is 6.07. The molecule has 116 valence electrons. The average molecular weight is 309 g/mol. The standard InChI is InChI=1S/C14H13F2N3O3/c15-8-1-2-9(10(16)7-8)11(20)19-5-3-14(4-6-19)12(21)17-13(22)18-14/h1-2,7H,3-6H2,(H2,17,18,21,22). The van der Waals surface area contributed by atoms with Crippen LogP contribution in [0.1, 0.15) is 23.2 Å². The number of halogens is 2. The Bertz CT molecular complexity index is 669. The fourth-order valence-electron chi connectivity index (χ4n) is 2.80. The molecule has 0 unspecified atom stereocenters. The van der Waals surface area contributed by atoms with Crippen LogP contribution in [0, 0.1) is 11.6 Å². The van der Waals surface area contributed by atoms with Gasteiger partial charge in [0.15, 0.2) is 0 Å². The second kappa shape index (κ2) is 5.04. The summed E-state index contributed by atoms with van der Waals surface area (Å²) in [7, 11) is 0. The van der Waals surface area contributed by atoms with Gasteiger partial charge in [0.2, 0.25) is 0 Å². The molecule has 8 heteroatoms. The van der Waals surface area contributed by atoms with Crippen LogP contribution >= 0.6 is 0 Å². The van der Waals surface area contributed by atoms with Gasteiger partial charge in [-0.2, -0.15) is 0 Å². The Kier molecular flexibility index (Phi) is 3.31. The van der Waals surface area contributed by atoms with Crippen LogP contribution in [-0.4, -0.2) is 41.4 Å². The van der Waals surface area contributed by atoms with Crippen molar-refractivity contribution >= 4 is 17.8 Å². The molecule has 4 amide bonds. The number of benzene rings is 1. The van der Waals surface area contributed by atoms with E-state index in [-0.39, 0.29) is 31.5 Å². The molecule has 3 rings (SSSR count). The molecule has 2 aliphatic rings. The number of carbonyl (C=O) groups excluding carboxylic acids is 3. The number of rotatable bonds is 1. The summed E-state index contributed by atoms with van der Waals surface area (Å²) in [6, 6.07) is 2.23. The molecule has 2 aliphatic heterocycles. The van der Waals surface area contributed by atoms with Gasteiger partial charge in [-0.1, -0.05) is 0 Å². The predicted molar refractivity (Wildman–Crippen MR) is 70.9 cm³/mol. The average Bonchev–Trinajstić information content (AvgIpc) is 2.73. The van der Waals surface area contributed by atoms with E-state index in [9.17, 15) is 23.2 Å². The second-order valence-corrected chi connectivity index (χ2v) is 5.41. The van der Waals surface area contributed by atoms with Crippen molar-refractivity contribution in [3.8, 4) is 0 Å². The highest BCUT2D eigenvalue weighted by Gasteiger charge is 2.48. The van der Waals surface area contributed by atoms with Crippen molar-refractivity contribution in [1.82, 2.24) is 15.5 Å². The van der Waals surface area contributed by atoms with Gasteiger partial charge in [-0.25, -0.2) is 13.6 Å². The van der Waals surface area contributed by atoms with Gasteiger partial charge in [0.1, 0.15) is 17.2 Å². The minimum Gasteiger partial charge on any atom is -0.338 e. The first-order valence-corrected chi connectivity index (χ1v) is 6.79. The van der Waals surface area contributed by atoms with Gasteiger partial charge >= 0.3 is 6.03 Å². The smallest absolute Gasteiger partial charge is 0.322 e. The molecule has 1 aromatic rings. The van der Waals surface area contributed by atoms with E-state index in [1.165, 1.54) is 4.90 Å². The van der Waals surface area contributed by atoms with Crippen molar-refractivity contribution in [3.63, 3.8) is 0 Å². The van der Waals surface area contributed by atoms with E-state index >= 15 is 0 Å². The molecule has 2 fully saturated rings. The number of imide groups is 1. The summed E-state index contributed by atoms with van der Waals surface area (Å²) >= 11 is 0. The lowest BCUT2D eigenvalue weighted by Crippen LogP contribution is -2.55. The van der Waals surface area contributed by atoms with Crippen molar-refractivity contribution in [1.29, 1.82) is 0 Å². The van der Waals surface area contributed by atoms with Crippen LogP contribution in [0.2, 0.25) is 0 Å². The number of nitrogens with one attached hydrogen (secondary N) is 2. The zero-order valence-corrected chi connectivity index (χ0v) is 11.5. The van der Waals surface area contributed by atoms with E-state index in [2.05, 4.69) is 10.6 Å². The number of carbonyl (C=O) groups is 3. The second-order valence-electron chi connectivity index (χ2n) is 5.41. The first-order chi connectivity index (χ1) is 10.4. The van der Waals surface area contributed by atoms with Crippen LogP contribution in [0.5, 0.6) is 0 Å². The number of hydrogen-bond donors (Lipinski definition) is 2. The van der Waals surface area contributed by atoms with Crippen LogP contribution in [-0.2, 0) is 4.79 Å². The monoisotopic (exact) mass is 309 g/mol. The molecule has 0 saturated carbocycles. The Hall–Kier alpha value is -2.51. The highest BCUT2D eigenvalue weighted by atomic mass is 19.1. The molecule has 0 atom stereocenters. The Morgan fingerprint density at radius 1 is 1.18 bits per heavy atom. The van der Waals surface area contributed by atoms with Crippen molar-refractivity contribution in [2.45, 2.75) is 18.4 Å². The summed E-state index contributed by atoms with van der Waals surface area (Å²) < 4.78 is 26.5. The molecule has 0 radical (unpaired) electrons. The number of urea groups is 1. The molecule has 1 aromatic carbocycles. The van der Waals surface area contributed by atoms with Gasteiger partial charge < -0.3 is 10.2 Å². The fourth-order valence-corrected chi connectivity index (χ4v) is 2.80. The third-order valence-electron chi connectivity index (χ3n) is 4.08. The highest BCUT2D eigenvalue weighted by Crippen LogP contribution is 2.26. The number of hydrogen-bond acceptors (Lipinski definition) is 3. The zero-order chi connectivity index (χ0) is 15.9. The van der Waals surface area contributed by atoms with Gasteiger partial charge in [0.05, 0.1) is 5.56 Å². The van der Waals surface area contributed by atoms with E-state index in [0.717, 1.165) is 12.1 Å². The molecular weight excluding hydrogens is 296 g/mol. The van der Waals surface area contributed by atoms with E-state index in [1.807, 2.05) is 0 Å². The lowest BCUT2D eigenvalue weighted by molar-refractivity contribution is -0.125. The SMILES string of the molecule is O=C1NC(=O)C2(CCN(C(=O)c3ccc(F)cc3F)CC2)N1. The number of piperidine rings is 1. The van der Waals surface area contributed by atoms with Crippen molar-refractivity contribution in [2.75, 3.05) is 13.1 Å². The van der Waals surface area contributed by atoms with Crippen molar-refractivity contribution in [2.24, 2.45) is 0 Å². The molecule has 22 heavy (non-hydrogen) atoms. The zero-order valence-electron chi connectivity index (χ0n) is 11.5. The summed E-state index contributed by atoms with van der Waals surface area (Å²) in [4.78, 5) is 36.7. The fraction of sp³-hybridized carbons (Fsp3) is 0.357. The van der Waals surface area contributed by atoms with Crippen LogP contribution < -0.4 is 10.6 Å². The van der Waals surface area contributed by atoms with Gasteiger partial charge in [-0.05, 0) is 25.0 Å². The summed E-state index contributed by atoms with van der Waals surface area (Å²) in [6.07, 6.45) is 0.498. The minimum absolute atomic E-state index is 0.198. The van der Waals surface area contributed by atoms with Gasteiger partial charge in [0, 0.05) is 19.2 Å². The topological polar surface area (TPSA) is 78.5 Å². The Labute approximate surface area is 124 Å². The summed E-state index contributed by atoms with van der Waals surface area (Å²) in [6.45, 7) is 0.396. The van der Waals surface area contributed by atoms with Crippen LogP contribution in [0.3, 0.4) is 0 Å². The first kappa shape index (κ1) is 14.4. The molecular formula is C14H13F2N3O3. The molecule has 2 heterocycles. The van der Waals surface area contributed by atoms with Crippen molar-refractivity contribution in [3.05, 3.63) is 35.4 Å². The number of nitrogens with zero attached hydrogens (tertiary/aromatic N) is 1. The molecule has 0 aliphatic carbocycles. The van der Waals surface area contributed by atoms with Gasteiger partial charge in [-0.15, -0.1) is 0 Å². The van der Waals surface area contributed by atoms with E-state index in [1.54, 1.807) is 0 Å². The third-order valence-corrected chi connectivity index (χ3v) is 4.08. The molecule has 2 saturated heterocycles. The lowest BCUT2D eigenvalue weighted by atomic mass is 9.87. The quantitative estimate of drug-likeness (QED) is 0.753. The largest absolute Gasteiger partial charge is 0.338 e. The van der Waals surface area contributed by atoms with E-state index in [0.29, 0.717) is 6.07 Å². The maximum absolute atomic E-state index is 13.7. The maximum atomic E-state index is 13.7. The van der Waals surface area contributed by atoms with Crippen LogP contribution in [0.4, 0.5) is 13.6 Å². The van der Waals surface area contributed by atoms with Crippen LogP contribution in [0.15, 0.2) is 18.2 Å². The van der Waals surface area contributed by atoms with Gasteiger partial charge in [0.25, 0.3) is 11.8 Å². The molecule has 6 nitrogen and oxygen atoms in total. The molecule has 0 aromatic heterocycles. The summed E-state index contributed by atoms with van der Waals surface area (Å²) in [5.41, 5.74) is -1.20. The number of amides is 4. The van der Waals surface area contributed by atoms with Crippen LogP contribution in [0.25, 0.3) is 0 Å². The normalized spacial score (nSPS) is 20.0. The minimum atomic E-state index is -0.991. The molecule has 1 spiro atoms. The Morgan fingerprint density at radius 2 is 1.86 bits per heavy atom. The lowest BCUT2D eigenvalue weighted by Gasteiger charge is -2.37. The first-order valence-electron chi connectivity index (χ1n) is 6.79. The van der Waals surface area contributed by atoms with Gasteiger partial charge in [-0.3, -0.25) is 14.9 Å². The summed E-state index contributed by atoms with van der Waals surface area (Å²) in [5.74, 6) is -2.64. The predicted octanol–water partition coefficient (Wildman–Crippen LogP) is 0.779. The number of likely N-dealkylation sites (tertiary alicyclic amines) is 1. The Morgan fingerprint density at radius 3 is 2.41 bits per heavy atom. The summed E-state index contributed by atoms with van der Waals surface area (Å²) in [5, 5.41) is 4.75. The van der Waals surface area contributed by atoms with E-state index < -0.39 is 35.0 Å². The maximum Gasteiger partial charge on any atom is 0.322 e. The van der Waals surface area contributed by atoms with Crippen molar-refractivity contribution < 1.29 is 23.2 Å².